The van der Waals surface area contributed by atoms with E-state index in [-0.39, 0.29) is 0 Å². The van der Waals surface area contributed by atoms with Gasteiger partial charge in [0.1, 0.15) is 5.82 Å². The van der Waals surface area contributed by atoms with Crippen LogP contribution >= 0.6 is 23.5 Å². The fourth-order valence-corrected chi connectivity index (χ4v) is 3.65. The van der Waals surface area contributed by atoms with E-state index in [0.717, 1.165) is 28.2 Å². The Kier molecular flexibility index (Phi) is 4.45. The zero-order valence-corrected chi connectivity index (χ0v) is 12.3. The fraction of sp³-hybridized carbons (Fsp3) is 0.429. The van der Waals surface area contributed by atoms with Crippen molar-refractivity contribution in [3.05, 3.63) is 41.7 Å². The number of hydrogen-bond donors (Lipinski definition) is 1. The normalized spacial score (nSPS) is 14.7. The van der Waals surface area contributed by atoms with E-state index in [4.69, 9.17) is 0 Å². The van der Waals surface area contributed by atoms with Crippen LogP contribution in [0.25, 0.3) is 0 Å². The molecule has 0 spiro atoms. The van der Waals surface area contributed by atoms with Gasteiger partial charge in [-0.05, 0) is 18.4 Å². The Bertz CT molecular complexity index is 508. The van der Waals surface area contributed by atoms with Gasteiger partial charge in [0.25, 0.3) is 0 Å². The first kappa shape index (κ1) is 13.1. The minimum atomic E-state index is 0.661. The molecule has 0 bridgehead atoms. The second-order valence-electron chi connectivity index (χ2n) is 4.66. The zero-order valence-electron chi connectivity index (χ0n) is 10.7. The largest absolute Gasteiger partial charge is 0.262 e. The third-order valence-corrected chi connectivity index (χ3v) is 5.15. The van der Waals surface area contributed by atoms with E-state index in [1.165, 1.54) is 18.4 Å². The number of nitrogens with zero attached hydrogens (tertiary/aromatic N) is 2. The van der Waals surface area contributed by atoms with Crippen molar-refractivity contribution in [2.45, 2.75) is 29.7 Å². The third kappa shape index (κ3) is 4.01. The van der Waals surface area contributed by atoms with Gasteiger partial charge >= 0.3 is 0 Å². The summed E-state index contributed by atoms with van der Waals surface area (Å²) in [7, 11) is 0. The van der Waals surface area contributed by atoms with Crippen molar-refractivity contribution in [3.63, 3.8) is 0 Å². The first-order valence-corrected chi connectivity index (χ1v) is 8.72. The third-order valence-electron chi connectivity index (χ3n) is 3.02. The first-order valence-electron chi connectivity index (χ1n) is 6.58. The maximum atomic E-state index is 4.52. The first-order chi connectivity index (χ1) is 9.42. The van der Waals surface area contributed by atoms with Crippen molar-refractivity contribution in [1.82, 2.24) is 15.2 Å². The Morgan fingerprint density at radius 1 is 1.16 bits per heavy atom. The molecule has 19 heavy (non-hydrogen) atoms. The van der Waals surface area contributed by atoms with Gasteiger partial charge in [0, 0.05) is 23.2 Å². The molecule has 2 aromatic rings. The van der Waals surface area contributed by atoms with Crippen molar-refractivity contribution in [2.24, 2.45) is 0 Å². The van der Waals surface area contributed by atoms with Gasteiger partial charge in [-0.3, -0.25) is 5.10 Å². The van der Waals surface area contributed by atoms with Crippen LogP contribution in [0.5, 0.6) is 0 Å². The predicted molar refractivity (Wildman–Crippen MR) is 81.7 cm³/mol. The maximum absolute atomic E-state index is 4.52. The number of aromatic amines is 1. The molecule has 1 fully saturated rings. The molecule has 0 radical (unpaired) electrons. The number of aromatic nitrogens is 3. The molecule has 3 rings (SSSR count). The molecule has 0 atom stereocenters. The highest BCUT2D eigenvalue weighted by Crippen LogP contribution is 2.38. The molecule has 0 saturated heterocycles. The topological polar surface area (TPSA) is 41.6 Å². The smallest absolute Gasteiger partial charge is 0.208 e. The van der Waals surface area contributed by atoms with Gasteiger partial charge in [-0.1, -0.05) is 42.1 Å². The number of hydrogen-bond acceptors (Lipinski definition) is 4. The van der Waals surface area contributed by atoms with Crippen molar-refractivity contribution in [1.29, 1.82) is 0 Å². The molecule has 1 heterocycles. The van der Waals surface area contributed by atoms with Crippen molar-refractivity contribution >= 4 is 23.5 Å². The molecule has 5 heteroatoms. The Morgan fingerprint density at radius 3 is 2.79 bits per heavy atom. The molecular formula is C14H17N3S2. The van der Waals surface area contributed by atoms with Gasteiger partial charge in [-0.25, -0.2) is 4.98 Å². The van der Waals surface area contributed by atoms with Gasteiger partial charge in [0.2, 0.25) is 5.16 Å². The molecule has 1 N–H and O–H groups in total. The second-order valence-corrected chi connectivity index (χ2v) is 6.83. The molecular weight excluding hydrogens is 274 g/mol. The molecule has 1 aliphatic carbocycles. The van der Waals surface area contributed by atoms with Crippen LogP contribution in [-0.2, 0) is 5.75 Å². The van der Waals surface area contributed by atoms with E-state index in [2.05, 4.69) is 45.5 Å². The summed E-state index contributed by atoms with van der Waals surface area (Å²) < 4.78 is 0. The Morgan fingerprint density at radius 2 is 2.00 bits per heavy atom. The number of benzene rings is 1. The van der Waals surface area contributed by atoms with E-state index in [9.17, 15) is 0 Å². The van der Waals surface area contributed by atoms with Crippen LogP contribution in [0.1, 0.15) is 30.1 Å². The van der Waals surface area contributed by atoms with Crippen LogP contribution in [-0.4, -0.2) is 26.7 Å². The summed E-state index contributed by atoms with van der Waals surface area (Å²) in [6.45, 7) is 0. The SMILES string of the molecule is c1ccc(CSCCSc2n[nH]c(C3CC3)n2)cc1. The number of H-pyrrole nitrogens is 1. The van der Waals surface area contributed by atoms with Crippen molar-refractivity contribution < 1.29 is 0 Å². The summed E-state index contributed by atoms with van der Waals surface area (Å²) in [6, 6.07) is 10.6. The minimum Gasteiger partial charge on any atom is -0.262 e. The van der Waals surface area contributed by atoms with Crippen LogP contribution in [0.3, 0.4) is 0 Å². The molecule has 3 nitrogen and oxygen atoms in total. The lowest BCUT2D eigenvalue weighted by molar-refractivity contribution is 0.932. The summed E-state index contributed by atoms with van der Waals surface area (Å²) in [4.78, 5) is 4.52. The van der Waals surface area contributed by atoms with Crippen LogP contribution in [0, 0.1) is 0 Å². The van der Waals surface area contributed by atoms with Crippen LogP contribution in [0.2, 0.25) is 0 Å². The Labute approximate surface area is 122 Å². The Balaban J connectivity index is 1.34. The van der Waals surface area contributed by atoms with Gasteiger partial charge in [0.05, 0.1) is 0 Å². The minimum absolute atomic E-state index is 0.661. The Hall–Kier alpha value is -0.940. The average Bonchev–Trinajstić information content (AvgIpc) is 3.20. The molecule has 0 aliphatic heterocycles. The van der Waals surface area contributed by atoms with Gasteiger partial charge in [0.15, 0.2) is 0 Å². The summed E-state index contributed by atoms with van der Waals surface area (Å²) in [6.07, 6.45) is 2.54. The standard InChI is InChI=1S/C14H17N3S2/c1-2-4-11(5-3-1)10-18-8-9-19-14-15-13(16-17-14)12-6-7-12/h1-5,12H,6-10H2,(H,15,16,17). The van der Waals surface area contributed by atoms with E-state index in [1.54, 1.807) is 11.8 Å². The predicted octanol–water partition coefficient (Wildman–Crippen LogP) is 3.71. The number of thioether (sulfide) groups is 2. The van der Waals surface area contributed by atoms with Crippen molar-refractivity contribution in [2.75, 3.05) is 11.5 Å². The van der Waals surface area contributed by atoms with E-state index in [0.29, 0.717) is 5.92 Å². The number of nitrogens with one attached hydrogen (secondary N) is 1. The highest BCUT2D eigenvalue weighted by Gasteiger charge is 2.27. The molecule has 1 aliphatic rings. The number of rotatable bonds is 7. The molecule has 1 aromatic heterocycles. The average molecular weight is 291 g/mol. The van der Waals surface area contributed by atoms with E-state index < -0.39 is 0 Å². The zero-order chi connectivity index (χ0) is 12.9. The summed E-state index contributed by atoms with van der Waals surface area (Å²) in [5.74, 6) is 5.03. The highest BCUT2D eigenvalue weighted by molar-refractivity contribution is 8.02. The van der Waals surface area contributed by atoms with Gasteiger partial charge < -0.3 is 0 Å². The van der Waals surface area contributed by atoms with Crippen LogP contribution in [0.15, 0.2) is 35.5 Å². The summed E-state index contributed by atoms with van der Waals surface area (Å²) in [5.41, 5.74) is 1.39. The lowest BCUT2D eigenvalue weighted by Crippen LogP contribution is -1.87. The van der Waals surface area contributed by atoms with E-state index >= 15 is 0 Å². The van der Waals surface area contributed by atoms with Crippen molar-refractivity contribution in [3.8, 4) is 0 Å². The summed E-state index contributed by atoms with van der Waals surface area (Å²) >= 11 is 3.71. The van der Waals surface area contributed by atoms with Crippen LogP contribution < -0.4 is 0 Å². The van der Waals surface area contributed by atoms with E-state index in [1.807, 2.05) is 11.8 Å². The van der Waals surface area contributed by atoms with Gasteiger partial charge in [-0.15, -0.1) is 5.10 Å². The molecule has 1 aromatic carbocycles. The molecule has 1 saturated carbocycles. The molecule has 100 valence electrons. The van der Waals surface area contributed by atoms with Gasteiger partial charge in [-0.2, -0.15) is 11.8 Å². The van der Waals surface area contributed by atoms with Crippen LogP contribution in [0.4, 0.5) is 0 Å². The quantitative estimate of drug-likeness (QED) is 0.624. The maximum Gasteiger partial charge on any atom is 0.208 e. The fourth-order valence-electron chi connectivity index (χ4n) is 1.82. The lowest BCUT2D eigenvalue weighted by atomic mass is 10.2. The lowest BCUT2D eigenvalue weighted by Gasteiger charge is -2.00. The second kappa shape index (κ2) is 6.48. The molecule has 0 amide bonds. The highest BCUT2D eigenvalue weighted by atomic mass is 32.2. The summed E-state index contributed by atoms with van der Waals surface area (Å²) in [5, 5.41) is 8.20. The monoisotopic (exact) mass is 291 g/mol. The molecule has 0 unspecified atom stereocenters.